The Bertz CT molecular complexity index is 399. The van der Waals surface area contributed by atoms with Crippen LogP contribution in [0.1, 0.15) is 45.4 Å². The lowest BCUT2D eigenvalue weighted by atomic mass is 9.90. The van der Waals surface area contributed by atoms with Crippen molar-refractivity contribution in [1.29, 1.82) is 0 Å². The van der Waals surface area contributed by atoms with Crippen LogP contribution in [0.5, 0.6) is 0 Å². The molecule has 0 spiro atoms. The van der Waals surface area contributed by atoms with Crippen molar-refractivity contribution in [3.63, 3.8) is 0 Å². The third-order valence-corrected chi connectivity index (χ3v) is 4.78. The van der Waals surface area contributed by atoms with E-state index in [1.165, 1.54) is 0 Å². The highest BCUT2D eigenvalue weighted by Crippen LogP contribution is 2.48. The Labute approximate surface area is 121 Å². The van der Waals surface area contributed by atoms with Crippen molar-refractivity contribution in [1.82, 2.24) is 0 Å². The fourth-order valence-corrected chi connectivity index (χ4v) is 3.59. The zero-order chi connectivity index (χ0) is 14.7. The minimum Gasteiger partial charge on any atom is -0.393 e. The van der Waals surface area contributed by atoms with E-state index in [-0.39, 0.29) is 29.6 Å². The number of Topliss-reactive ketones (excluding diaryl/α,β-unsaturated/α-hetero) is 1. The van der Waals surface area contributed by atoms with Crippen molar-refractivity contribution in [3.8, 4) is 0 Å². The Kier molecular flexibility index (Phi) is 5.17. The normalized spacial score (nSPS) is 35.0. The Balaban J connectivity index is 1.89. The van der Waals surface area contributed by atoms with Crippen LogP contribution in [-0.4, -0.2) is 28.2 Å². The van der Waals surface area contributed by atoms with Crippen molar-refractivity contribution in [2.75, 3.05) is 0 Å². The Morgan fingerprint density at radius 3 is 2.95 bits per heavy atom. The lowest BCUT2D eigenvalue weighted by Gasteiger charge is -2.16. The van der Waals surface area contributed by atoms with Gasteiger partial charge in [0.05, 0.1) is 12.2 Å². The first kappa shape index (κ1) is 15.5. The maximum atomic E-state index is 11.9. The summed E-state index contributed by atoms with van der Waals surface area (Å²) < 4.78 is 0. The molecule has 2 fully saturated rings. The van der Waals surface area contributed by atoms with Gasteiger partial charge in [-0.1, -0.05) is 38.5 Å². The van der Waals surface area contributed by atoms with Gasteiger partial charge in [0, 0.05) is 11.8 Å². The fourth-order valence-electron chi connectivity index (χ4n) is 3.59. The van der Waals surface area contributed by atoms with Gasteiger partial charge >= 0.3 is 0 Å². The standard InChI is InChI=1S/C17H26O3/c1-3-4-6-12(18)7-5-8-13-14-9-11(2)17(20)15(14)10-16(13)19/h5,8,12-16,18-19H,2-4,6-7,9-10H2,1H3/b8-5+/t12?,13-,14-,15-,16+/m0/s1. The quantitative estimate of drug-likeness (QED) is 0.580. The maximum Gasteiger partial charge on any atom is 0.161 e. The maximum absolute atomic E-state index is 11.9. The zero-order valence-corrected chi connectivity index (χ0v) is 12.3. The molecule has 112 valence electrons. The molecule has 0 aromatic heterocycles. The van der Waals surface area contributed by atoms with Gasteiger partial charge in [0.25, 0.3) is 0 Å². The third-order valence-electron chi connectivity index (χ3n) is 4.78. The molecule has 2 aliphatic rings. The highest BCUT2D eigenvalue weighted by Gasteiger charge is 2.49. The van der Waals surface area contributed by atoms with Crippen molar-refractivity contribution >= 4 is 5.78 Å². The van der Waals surface area contributed by atoms with Gasteiger partial charge < -0.3 is 10.2 Å². The van der Waals surface area contributed by atoms with Gasteiger partial charge in [-0.3, -0.25) is 4.79 Å². The summed E-state index contributed by atoms with van der Waals surface area (Å²) in [4.78, 5) is 11.9. The number of rotatable bonds is 6. The number of ketones is 1. The zero-order valence-electron chi connectivity index (χ0n) is 12.3. The van der Waals surface area contributed by atoms with E-state index in [0.29, 0.717) is 24.8 Å². The van der Waals surface area contributed by atoms with E-state index in [1.54, 1.807) is 0 Å². The molecule has 2 rings (SSSR count). The van der Waals surface area contributed by atoms with Crippen molar-refractivity contribution < 1.29 is 15.0 Å². The predicted molar refractivity (Wildman–Crippen MR) is 79.1 cm³/mol. The molecule has 0 bridgehead atoms. The SMILES string of the molecule is C=C1C[C@H]2[C@H](/C=C/CC(O)CCCC)[C@H](O)C[C@@H]2C1=O. The number of aliphatic hydroxyl groups is 2. The van der Waals surface area contributed by atoms with Gasteiger partial charge in [0.2, 0.25) is 0 Å². The molecule has 2 aliphatic carbocycles. The second-order valence-corrected chi connectivity index (χ2v) is 6.28. The Hall–Kier alpha value is -0.930. The summed E-state index contributed by atoms with van der Waals surface area (Å²) >= 11 is 0. The molecule has 2 N–H and O–H groups in total. The Morgan fingerprint density at radius 2 is 2.25 bits per heavy atom. The van der Waals surface area contributed by atoms with Crippen LogP contribution in [0.25, 0.3) is 0 Å². The van der Waals surface area contributed by atoms with Crippen LogP contribution in [0.4, 0.5) is 0 Å². The van der Waals surface area contributed by atoms with Gasteiger partial charge in [-0.25, -0.2) is 0 Å². The summed E-state index contributed by atoms with van der Waals surface area (Å²) in [5.41, 5.74) is 0.716. The molecule has 0 amide bonds. The fraction of sp³-hybridized carbons (Fsp3) is 0.706. The molecule has 0 heterocycles. The van der Waals surface area contributed by atoms with E-state index in [1.807, 2.05) is 12.2 Å². The highest BCUT2D eigenvalue weighted by molar-refractivity contribution is 5.99. The monoisotopic (exact) mass is 278 g/mol. The van der Waals surface area contributed by atoms with Gasteiger partial charge in [0.15, 0.2) is 5.78 Å². The lowest BCUT2D eigenvalue weighted by molar-refractivity contribution is -0.118. The van der Waals surface area contributed by atoms with E-state index in [4.69, 9.17) is 0 Å². The molecule has 1 unspecified atom stereocenters. The second-order valence-electron chi connectivity index (χ2n) is 6.28. The van der Waals surface area contributed by atoms with E-state index in [9.17, 15) is 15.0 Å². The van der Waals surface area contributed by atoms with Crippen LogP contribution >= 0.6 is 0 Å². The van der Waals surface area contributed by atoms with Gasteiger partial charge in [-0.2, -0.15) is 0 Å². The van der Waals surface area contributed by atoms with Gasteiger partial charge in [0.1, 0.15) is 0 Å². The molecule has 3 nitrogen and oxygen atoms in total. The first-order valence-electron chi connectivity index (χ1n) is 7.79. The number of aliphatic hydroxyl groups excluding tert-OH is 2. The average molecular weight is 278 g/mol. The number of allylic oxidation sites excluding steroid dienone is 1. The largest absolute Gasteiger partial charge is 0.393 e. The topological polar surface area (TPSA) is 57.5 Å². The summed E-state index contributed by atoms with van der Waals surface area (Å²) in [6.07, 6.45) is 8.15. The smallest absolute Gasteiger partial charge is 0.161 e. The molecule has 0 aromatic carbocycles. The third kappa shape index (κ3) is 3.21. The summed E-state index contributed by atoms with van der Waals surface area (Å²) in [6, 6.07) is 0. The van der Waals surface area contributed by atoms with Gasteiger partial charge in [-0.05, 0) is 37.2 Å². The minimum atomic E-state index is -0.425. The van der Waals surface area contributed by atoms with E-state index < -0.39 is 6.10 Å². The van der Waals surface area contributed by atoms with Crippen LogP contribution in [0, 0.1) is 17.8 Å². The van der Waals surface area contributed by atoms with Gasteiger partial charge in [-0.15, -0.1) is 0 Å². The molecular weight excluding hydrogens is 252 g/mol. The number of carbonyl (C=O) groups is 1. The van der Waals surface area contributed by atoms with Crippen LogP contribution in [-0.2, 0) is 4.79 Å². The summed E-state index contributed by atoms with van der Waals surface area (Å²) in [5, 5.41) is 19.9. The van der Waals surface area contributed by atoms with E-state index >= 15 is 0 Å². The minimum absolute atomic E-state index is 0.0304. The summed E-state index contributed by atoms with van der Waals surface area (Å²) in [6.45, 7) is 5.94. The lowest BCUT2D eigenvalue weighted by Crippen LogP contribution is -2.16. The number of carbonyl (C=O) groups excluding carboxylic acids is 1. The van der Waals surface area contributed by atoms with Crippen LogP contribution in [0.2, 0.25) is 0 Å². The highest BCUT2D eigenvalue weighted by atomic mass is 16.3. The van der Waals surface area contributed by atoms with Crippen molar-refractivity contribution in [2.45, 2.75) is 57.7 Å². The molecule has 0 radical (unpaired) electrons. The first-order chi connectivity index (χ1) is 9.54. The van der Waals surface area contributed by atoms with Crippen molar-refractivity contribution in [3.05, 3.63) is 24.3 Å². The predicted octanol–water partition coefficient (Wildman–Crippen LogP) is 2.63. The number of unbranched alkanes of at least 4 members (excludes halogenated alkanes) is 1. The molecule has 0 saturated heterocycles. The molecule has 0 aliphatic heterocycles. The second kappa shape index (κ2) is 6.68. The number of hydrogen-bond acceptors (Lipinski definition) is 3. The molecule has 2 saturated carbocycles. The molecule has 3 heteroatoms. The number of hydrogen-bond donors (Lipinski definition) is 2. The van der Waals surface area contributed by atoms with Crippen LogP contribution in [0.15, 0.2) is 24.3 Å². The van der Waals surface area contributed by atoms with E-state index in [0.717, 1.165) is 19.3 Å². The molecular formula is C17H26O3. The molecule has 0 aromatic rings. The molecule has 20 heavy (non-hydrogen) atoms. The summed E-state index contributed by atoms with van der Waals surface area (Å²) in [5.74, 6) is 0.376. The molecule has 5 atom stereocenters. The first-order valence-corrected chi connectivity index (χ1v) is 7.79. The van der Waals surface area contributed by atoms with E-state index in [2.05, 4.69) is 13.5 Å². The Morgan fingerprint density at radius 1 is 1.50 bits per heavy atom. The average Bonchev–Trinajstić information content (AvgIpc) is 2.86. The van der Waals surface area contributed by atoms with Crippen LogP contribution in [0.3, 0.4) is 0 Å². The summed E-state index contributed by atoms with van der Waals surface area (Å²) in [7, 11) is 0. The number of fused-ring (bicyclic) bond motifs is 1. The van der Waals surface area contributed by atoms with Crippen LogP contribution < -0.4 is 0 Å². The van der Waals surface area contributed by atoms with Crippen molar-refractivity contribution in [2.24, 2.45) is 17.8 Å².